The zero-order valence-electron chi connectivity index (χ0n) is 12.6. The van der Waals surface area contributed by atoms with E-state index in [0.29, 0.717) is 26.1 Å². The summed E-state index contributed by atoms with van der Waals surface area (Å²) in [5, 5.41) is 2.04. The molecule has 6 heteroatoms. The maximum Gasteiger partial charge on any atom is 0.223 e. The predicted octanol–water partition coefficient (Wildman–Crippen LogP) is 2.38. The third kappa shape index (κ3) is 3.69. The van der Waals surface area contributed by atoms with Gasteiger partial charge in [0.05, 0.1) is 18.8 Å². The van der Waals surface area contributed by atoms with Crippen LogP contribution in [-0.2, 0) is 16.0 Å². The molecule has 0 aliphatic carbocycles. The van der Waals surface area contributed by atoms with Crippen molar-refractivity contribution in [1.29, 1.82) is 0 Å². The van der Waals surface area contributed by atoms with E-state index in [4.69, 9.17) is 4.74 Å². The number of amides is 1. The molecule has 1 aliphatic heterocycles. The molecule has 2 aromatic heterocycles. The summed E-state index contributed by atoms with van der Waals surface area (Å²) in [7, 11) is 0. The minimum absolute atomic E-state index is 0.152. The molecule has 0 spiro atoms. The fourth-order valence-corrected chi connectivity index (χ4v) is 3.26. The number of nitrogens with zero attached hydrogens (tertiary/aromatic N) is 3. The molecule has 3 rings (SSSR count). The molecular weight excluding hydrogens is 298 g/mol. The number of carbonyl (C=O) groups excluding carboxylic acids is 1. The number of hydrogen-bond acceptors (Lipinski definition) is 5. The Balaban J connectivity index is 1.59. The minimum atomic E-state index is -0.152. The highest BCUT2D eigenvalue weighted by molar-refractivity contribution is 7.09. The normalized spacial score (nSPS) is 18.4. The van der Waals surface area contributed by atoms with Gasteiger partial charge in [-0.2, -0.15) is 0 Å². The van der Waals surface area contributed by atoms with Crippen molar-refractivity contribution in [1.82, 2.24) is 14.9 Å². The molecule has 2 aromatic rings. The Morgan fingerprint density at radius 1 is 1.50 bits per heavy atom. The van der Waals surface area contributed by atoms with Crippen LogP contribution in [0.3, 0.4) is 0 Å². The lowest BCUT2D eigenvalue weighted by molar-refractivity contribution is -0.139. The monoisotopic (exact) mass is 317 g/mol. The molecule has 0 bridgehead atoms. The van der Waals surface area contributed by atoms with Gasteiger partial charge in [0.1, 0.15) is 11.9 Å². The molecule has 0 N–H and O–H groups in total. The lowest BCUT2D eigenvalue weighted by atomic mass is 10.1. The average Bonchev–Trinajstić information content (AvgIpc) is 3.06. The average molecular weight is 317 g/mol. The van der Waals surface area contributed by atoms with Crippen LogP contribution < -0.4 is 0 Å². The van der Waals surface area contributed by atoms with Crippen LogP contribution in [0.2, 0.25) is 0 Å². The second kappa shape index (κ2) is 6.98. The number of rotatable bonds is 4. The first kappa shape index (κ1) is 15.1. The second-order valence-corrected chi connectivity index (χ2v) is 6.34. The maximum atomic E-state index is 12.4. The number of carbonyl (C=O) groups is 1. The lowest BCUT2D eigenvalue weighted by Gasteiger charge is -2.32. The van der Waals surface area contributed by atoms with Crippen molar-refractivity contribution < 1.29 is 9.53 Å². The summed E-state index contributed by atoms with van der Waals surface area (Å²) in [5.41, 5.74) is 0.850. The van der Waals surface area contributed by atoms with E-state index >= 15 is 0 Å². The van der Waals surface area contributed by atoms with Crippen LogP contribution in [0.25, 0.3) is 0 Å². The van der Waals surface area contributed by atoms with Crippen molar-refractivity contribution in [3.8, 4) is 0 Å². The van der Waals surface area contributed by atoms with Gasteiger partial charge in [-0.1, -0.05) is 6.07 Å². The van der Waals surface area contributed by atoms with Gasteiger partial charge in [0.15, 0.2) is 0 Å². The van der Waals surface area contributed by atoms with Gasteiger partial charge < -0.3 is 9.64 Å². The van der Waals surface area contributed by atoms with Crippen molar-refractivity contribution in [2.45, 2.75) is 25.9 Å². The number of morpholine rings is 1. The Hall–Kier alpha value is -1.79. The molecule has 1 amide bonds. The van der Waals surface area contributed by atoms with Crippen molar-refractivity contribution in [2.75, 3.05) is 19.7 Å². The molecule has 1 fully saturated rings. The molecule has 1 atom stereocenters. The molecule has 5 nitrogen and oxygen atoms in total. The van der Waals surface area contributed by atoms with Crippen molar-refractivity contribution in [3.05, 3.63) is 46.2 Å². The Labute approximate surface area is 134 Å². The fraction of sp³-hybridized carbons (Fsp3) is 0.438. The van der Waals surface area contributed by atoms with Gasteiger partial charge in [-0.15, -0.1) is 11.3 Å². The molecule has 22 heavy (non-hydrogen) atoms. The highest BCUT2D eigenvalue weighted by Crippen LogP contribution is 2.21. The van der Waals surface area contributed by atoms with E-state index in [-0.39, 0.29) is 12.0 Å². The molecule has 0 aromatic carbocycles. The van der Waals surface area contributed by atoms with E-state index in [1.165, 1.54) is 4.88 Å². The first-order chi connectivity index (χ1) is 10.7. The summed E-state index contributed by atoms with van der Waals surface area (Å²) < 4.78 is 5.77. The number of aromatic nitrogens is 2. The van der Waals surface area contributed by atoms with Gasteiger partial charge in [0.2, 0.25) is 5.91 Å². The van der Waals surface area contributed by atoms with Crippen molar-refractivity contribution in [2.24, 2.45) is 0 Å². The highest BCUT2D eigenvalue weighted by Gasteiger charge is 2.26. The maximum absolute atomic E-state index is 12.4. The second-order valence-electron chi connectivity index (χ2n) is 5.31. The molecule has 1 saturated heterocycles. The zero-order chi connectivity index (χ0) is 15.4. The lowest BCUT2D eigenvalue weighted by Crippen LogP contribution is -2.42. The van der Waals surface area contributed by atoms with E-state index in [1.54, 1.807) is 17.5 Å². The van der Waals surface area contributed by atoms with Gasteiger partial charge in [-0.05, 0) is 30.9 Å². The van der Waals surface area contributed by atoms with Gasteiger partial charge in [-0.3, -0.25) is 4.79 Å². The van der Waals surface area contributed by atoms with E-state index in [9.17, 15) is 4.79 Å². The molecule has 3 heterocycles. The molecule has 116 valence electrons. The summed E-state index contributed by atoms with van der Waals surface area (Å²) in [5.74, 6) is 0.912. The van der Waals surface area contributed by atoms with Crippen LogP contribution in [0.15, 0.2) is 29.8 Å². The summed E-state index contributed by atoms with van der Waals surface area (Å²) in [6, 6.07) is 5.95. The highest BCUT2D eigenvalue weighted by atomic mass is 32.1. The van der Waals surface area contributed by atoms with Gasteiger partial charge in [0.25, 0.3) is 0 Å². The third-order valence-electron chi connectivity index (χ3n) is 3.71. The van der Waals surface area contributed by atoms with Crippen LogP contribution in [0.4, 0.5) is 0 Å². The zero-order valence-corrected chi connectivity index (χ0v) is 13.4. The van der Waals surface area contributed by atoms with Crippen LogP contribution in [0.5, 0.6) is 0 Å². The van der Waals surface area contributed by atoms with E-state index < -0.39 is 0 Å². The predicted molar refractivity (Wildman–Crippen MR) is 84.7 cm³/mol. The van der Waals surface area contributed by atoms with Crippen LogP contribution in [-0.4, -0.2) is 40.5 Å². The molecule has 0 unspecified atom stereocenters. The van der Waals surface area contributed by atoms with E-state index in [2.05, 4.69) is 16.0 Å². The number of aryl methyl sites for hydroxylation is 2. The first-order valence-electron chi connectivity index (χ1n) is 7.43. The van der Waals surface area contributed by atoms with E-state index in [1.807, 2.05) is 29.3 Å². The SMILES string of the molecule is Cc1nccc([C@@H]2CN(C(=O)CCc3cccs3)CCO2)n1. The van der Waals surface area contributed by atoms with Crippen LogP contribution >= 0.6 is 11.3 Å². The summed E-state index contributed by atoms with van der Waals surface area (Å²) >= 11 is 1.70. The molecule has 0 radical (unpaired) electrons. The topological polar surface area (TPSA) is 55.3 Å². The Kier molecular flexibility index (Phi) is 4.80. The molecular formula is C16H19N3O2S. The summed E-state index contributed by atoms with van der Waals surface area (Å²) in [6.07, 6.45) is 2.95. The standard InChI is InChI=1S/C16H19N3O2S/c1-12-17-7-6-14(18-12)15-11-19(8-9-21-15)16(20)5-4-13-3-2-10-22-13/h2-3,6-7,10,15H,4-5,8-9,11H2,1H3/t15-/m0/s1. The first-order valence-corrected chi connectivity index (χ1v) is 8.31. The molecule has 1 aliphatic rings. The molecule has 0 saturated carbocycles. The smallest absolute Gasteiger partial charge is 0.223 e. The van der Waals surface area contributed by atoms with Gasteiger partial charge in [-0.25, -0.2) is 9.97 Å². The van der Waals surface area contributed by atoms with Crippen LogP contribution in [0, 0.1) is 6.92 Å². The van der Waals surface area contributed by atoms with Crippen molar-refractivity contribution >= 4 is 17.2 Å². The number of hydrogen-bond donors (Lipinski definition) is 0. The number of thiophene rings is 1. The fourth-order valence-electron chi connectivity index (χ4n) is 2.55. The summed E-state index contributed by atoms with van der Waals surface area (Å²) in [4.78, 5) is 24.0. The Morgan fingerprint density at radius 2 is 2.41 bits per heavy atom. The Bertz CT molecular complexity index is 630. The van der Waals surface area contributed by atoms with E-state index in [0.717, 1.165) is 17.9 Å². The third-order valence-corrected chi connectivity index (χ3v) is 4.65. The quantitative estimate of drug-likeness (QED) is 0.869. The van der Waals surface area contributed by atoms with Crippen molar-refractivity contribution in [3.63, 3.8) is 0 Å². The number of ether oxygens (including phenoxy) is 1. The van der Waals surface area contributed by atoms with Gasteiger partial charge in [0, 0.05) is 24.0 Å². The van der Waals surface area contributed by atoms with Crippen LogP contribution in [0.1, 0.15) is 28.9 Å². The minimum Gasteiger partial charge on any atom is -0.368 e. The largest absolute Gasteiger partial charge is 0.368 e. The Morgan fingerprint density at radius 3 is 3.18 bits per heavy atom. The summed E-state index contributed by atoms with van der Waals surface area (Å²) in [6.45, 7) is 3.64. The van der Waals surface area contributed by atoms with Gasteiger partial charge >= 0.3 is 0 Å².